The van der Waals surface area contributed by atoms with Gasteiger partial charge in [0.25, 0.3) is 5.91 Å². The first-order valence-corrected chi connectivity index (χ1v) is 9.84. The van der Waals surface area contributed by atoms with E-state index in [-0.39, 0.29) is 5.91 Å². The van der Waals surface area contributed by atoms with Crippen molar-refractivity contribution in [3.8, 4) is 11.1 Å². The Bertz CT molecular complexity index is 794. The van der Waals surface area contributed by atoms with Crippen LogP contribution in [-0.2, 0) is 9.53 Å². The zero-order valence-electron chi connectivity index (χ0n) is 17.9. The molecule has 2 aromatic rings. The molecule has 0 bridgehead atoms. The number of carbonyl (C=O) groups excluding carboxylic acids is 2. The van der Waals surface area contributed by atoms with Crippen LogP contribution in [0.3, 0.4) is 0 Å². The second-order valence-corrected chi connectivity index (χ2v) is 6.70. The van der Waals surface area contributed by atoms with E-state index in [0.717, 1.165) is 22.4 Å². The zero-order valence-corrected chi connectivity index (χ0v) is 17.9. The number of fused-ring (bicyclic) bond motifs is 3. The summed E-state index contributed by atoms with van der Waals surface area (Å²) in [6, 6.07) is 14.3. The SMILES string of the molecule is CC.CC.CC(C)(C)OC(=O)NC1C(=O)Nc2ccccc2-c2ccccc21. The highest BCUT2D eigenvalue weighted by atomic mass is 16.6. The number of nitrogens with one attached hydrogen (secondary N) is 2. The molecular weight excluding hydrogens is 352 g/mol. The Morgan fingerprint density at radius 3 is 2.07 bits per heavy atom. The second-order valence-electron chi connectivity index (χ2n) is 6.70. The summed E-state index contributed by atoms with van der Waals surface area (Å²) in [7, 11) is 0. The van der Waals surface area contributed by atoms with Crippen LogP contribution in [0.15, 0.2) is 48.5 Å². The van der Waals surface area contributed by atoms with Gasteiger partial charge in [0, 0.05) is 11.3 Å². The van der Waals surface area contributed by atoms with Crippen molar-refractivity contribution in [1.29, 1.82) is 0 Å². The van der Waals surface area contributed by atoms with E-state index in [1.54, 1.807) is 20.8 Å². The summed E-state index contributed by atoms with van der Waals surface area (Å²) in [4.78, 5) is 24.8. The number of benzene rings is 2. The quantitative estimate of drug-likeness (QED) is 0.641. The number of para-hydroxylation sites is 1. The molecule has 0 saturated carbocycles. The number of ether oxygens (including phenoxy) is 1. The van der Waals surface area contributed by atoms with Gasteiger partial charge in [-0.2, -0.15) is 0 Å². The lowest BCUT2D eigenvalue weighted by atomic mass is 9.95. The van der Waals surface area contributed by atoms with Crippen molar-refractivity contribution >= 4 is 17.7 Å². The third kappa shape index (κ3) is 5.84. The van der Waals surface area contributed by atoms with E-state index >= 15 is 0 Å². The number of carbonyl (C=O) groups is 2. The lowest BCUT2D eigenvalue weighted by Crippen LogP contribution is -2.39. The third-order valence-corrected chi connectivity index (χ3v) is 3.67. The molecule has 28 heavy (non-hydrogen) atoms. The maximum Gasteiger partial charge on any atom is 0.408 e. The largest absolute Gasteiger partial charge is 0.444 e. The first-order valence-electron chi connectivity index (χ1n) is 9.84. The van der Waals surface area contributed by atoms with Gasteiger partial charge in [0.15, 0.2) is 0 Å². The lowest BCUT2D eigenvalue weighted by Gasteiger charge is -2.23. The first-order chi connectivity index (χ1) is 13.3. The van der Waals surface area contributed by atoms with E-state index < -0.39 is 17.7 Å². The highest BCUT2D eigenvalue weighted by Crippen LogP contribution is 2.37. The topological polar surface area (TPSA) is 67.4 Å². The van der Waals surface area contributed by atoms with Crippen molar-refractivity contribution in [3.05, 3.63) is 54.1 Å². The van der Waals surface area contributed by atoms with Gasteiger partial charge in [-0.25, -0.2) is 4.79 Å². The average Bonchev–Trinajstić information content (AvgIpc) is 2.79. The molecule has 0 radical (unpaired) electrons. The molecule has 0 spiro atoms. The zero-order chi connectivity index (χ0) is 21.3. The summed E-state index contributed by atoms with van der Waals surface area (Å²) in [6.07, 6.45) is -0.622. The number of amides is 2. The van der Waals surface area contributed by atoms with E-state index in [9.17, 15) is 9.59 Å². The lowest BCUT2D eigenvalue weighted by molar-refractivity contribution is -0.118. The molecule has 2 N–H and O–H groups in total. The highest BCUT2D eigenvalue weighted by molar-refractivity contribution is 6.04. The van der Waals surface area contributed by atoms with Gasteiger partial charge >= 0.3 is 6.09 Å². The van der Waals surface area contributed by atoms with Crippen molar-refractivity contribution in [2.24, 2.45) is 0 Å². The summed E-state index contributed by atoms with van der Waals surface area (Å²) < 4.78 is 5.29. The molecule has 5 heteroatoms. The van der Waals surface area contributed by atoms with Gasteiger partial charge in [-0.1, -0.05) is 70.2 Å². The van der Waals surface area contributed by atoms with Crippen molar-refractivity contribution in [2.45, 2.75) is 60.1 Å². The molecule has 3 rings (SSSR count). The summed E-state index contributed by atoms with van der Waals surface area (Å²) in [5.74, 6) is -0.293. The van der Waals surface area contributed by atoms with Gasteiger partial charge in [0.1, 0.15) is 11.6 Å². The summed E-state index contributed by atoms with van der Waals surface area (Å²) in [5.41, 5.74) is 2.67. The number of alkyl carbamates (subject to hydrolysis) is 1. The van der Waals surface area contributed by atoms with Crippen LogP contribution < -0.4 is 10.6 Å². The van der Waals surface area contributed by atoms with Crippen LogP contribution in [0.2, 0.25) is 0 Å². The van der Waals surface area contributed by atoms with Gasteiger partial charge in [0.2, 0.25) is 0 Å². The van der Waals surface area contributed by atoms with Crippen LogP contribution in [0.4, 0.5) is 10.5 Å². The van der Waals surface area contributed by atoms with Gasteiger partial charge in [-0.15, -0.1) is 0 Å². The summed E-state index contributed by atoms with van der Waals surface area (Å²) in [5, 5.41) is 5.56. The smallest absolute Gasteiger partial charge is 0.408 e. The fourth-order valence-corrected chi connectivity index (χ4v) is 2.74. The molecule has 2 amide bonds. The second kappa shape index (κ2) is 10.5. The van der Waals surface area contributed by atoms with Gasteiger partial charge < -0.3 is 15.4 Å². The maximum atomic E-state index is 12.7. The van der Waals surface area contributed by atoms with Gasteiger partial charge in [0.05, 0.1) is 0 Å². The number of hydrogen-bond acceptors (Lipinski definition) is 3. The number of rotatable bonds is 1. The monoisotopic (exact) mass is 384 g/mol. The molecule has 1 unspecified atom stereocenters. The first kappa shape index (κ1) is 23.2. The molecular formula is C23H32N2O3. The molecule has 1 aliphatic heterocycles. The van der Waals surface area contributed by atoms with Crippen LogP contribution in [0.1, 0.15) is 60.1 Å². The Morgan fingerprint density at radius 2 is 1.46 bits per heavy atom. The average molecular weight is 385 g/mol. The Morgan fingerprint density at radius 1 is 0.929 bits per heavy atom. The van der Waals surface area contributed by atoms with Crippen LogP contribution in [0.25, 0.3) is 11.1 Å². The number of anilines is 1. The highest BCUT2D eigenvalue weighted by Gasteiger charge is 2.31. The maximum absolute atomic E-state index is 12.7. The van der Waals surface area contributed by atoms with E-state index in [4.69, 9.17) is 4.74 Å². The normalized spacial score (nSPS) is 14.4. The fourth-order valence-electron chi connectivity index (χ4n) is 2.74. The summed E-state index contributed by atoms with van der Waals surface area (Å²) in [6.45, 7) is 13.3. The van der Waals surface area contributed by atoms with Crippen LogP contribution in [0, 0.1) is 0 Å². The minimum absolute atomic E-state index is 0.293. The van der Waals surface area contributed by atoms with E-state index in [0.29, 0.717) is 0 Å². The van der Waals surface area contributed by atoms with Gasteiger partial charge in [-0.05, 0) is 38.0 Å². The van der Waals surface area contributed by atoms with Crippen molar-refractivity contribution in [3.63, 3.8) is 0 Å². The minimum Gasteiger partial charge on any atom is -0.444 e. The van der Waals surface area contributed by atoms with E-state index in [1.807, 2.05) is 76.2 Å². The molecule has 0 aliphatic carbocycles. The Balaban J connectivity index is 0.000000921. The van der Waals surface area contributed by atoms with Crippen molar-refractivity contribution < 1.29 is 14.3 Å². The van der Waals surface area contributed by atoms with Crippen LogP contribution >= 0.6 is 0 Å². The van der Waals surface area contributed by atoms with Gasteiger partial charge in [-0.3, -0.25) is 4.79 Å². The molecule has 0 saturated heterocycles. The molecule has 1 atom stereocenters. The van der Waals surface area contributed by atoms with Crippen molar-refractivity contribution in [2.75, 3.05) is 5.32 Å². The summed E-state index contributed by atoms with van der Waals surface area (Å²) >= 11 is 0. The Kier molecular flexibility index (Phi) is 8.71. The predicted molar refractivity (Wildman–Crippen MR) is 115 cm³/mol. The Hall–Kier alpha value is -2.82. The third-order valence-electron chi connectivity index (χ3n) is 3.67. The molecule has 0 aromatic heterocycles. The molecule has 152 valence electrons. The molecule has 0 fully saturated rings. The number of hydrogen-bond donors (Lipinski definition) is 2. The molecule has 5 nitrogen and oxygen atoms in total. The van der Waals surface area contributed by atoms with Crippen LogP contribution in [0.5, 0.6) is 0 Å². The van der Waals surface area contributed by atoms with Crippen molar-refractivity contribution in [1.82, 2.24) is 5.32 Å². The molecule has 1 heterocycles. The fraction of sp³-hybridized carbons (Fsp3) is 0.391. The Labute approximate surface area is 168 Å². The van der Waals surface area contributed by atoms with E-state index in [2.05, 4.69) is 10.6 Å². The minimum atomic E-state index is -0.816. The molecule has 2 aromatic carbocycles. The molecule has 1 aliphatic rings. The van der Waals surface area contributed by atoms with E-state index in [1.165, 1.54) is 0 Å². The van der Waals surface area contributed by atoms with Crippen LogP contribution in [-0.4, -0.2) is 17.6 Å². The standard InChI is InChI=1S/C19H20N2O3.2C2H6/c1-19(2,3)24-18(23)21-16-14-10-5-4-8-12(14)13-9-6-7-11-15(13)20-17(16)22;2*1-2/h4-11,16H,1-3H3,(H,20,22)(H,21,23);2*1-2H3. The predicted octanol–water partition coefficient (Wildman–Crippen LogP) is 5.92.